The van der Waals surface area contributed by atoms with E-state index in [4.69, 9.17) is 16.3 Å². The van der Waals surface area contributed by atoms with Gasteiger partial charge in [0.2, 0.25) is 17.7 Å². The van der Waals surface area contributed by atoms with Gasteiger partial charge in [0.15, 0.2) is 15.6 Å². The van der Waals surface area contributed by atoms with Gasteiger partial charge in [-0.3, -0.25) is 33.6 Å². The van der Waals surface area contributed by atoms with Crippen molar-refractivity contribution < 1.29 is 66.8 Å². The largest absolute Gasteiger partial charge is 0.481 e. The van der Waals surface area contributed by atoms with Crippen molar-refractivity contribution in [2.75, 3.05) is 6.26 Å². The number of aliphatic carboxylic acids is 3. The van der Waals surface area contributed by atoms with Crippen molar-refractivity contribution in [1.29, 1.82) is 0 Å². The average Bonchev–Trinajstić information content (AvgIpc) is 3.08. The second kappa shape index (κ2) is 21.2. The lowest BCUT2D eigenvalue weighted by molar-refractivity contribution is -0.144. The van der Waals surface area contributed by atoms with Crippen molar-refractivity contribution in [3.05, 3.63) is 45.8 Å². The molecular formula is C41H61ClN4O14S. The summed E-state index contributed by atoms with van der Waals surface area (Å²) in [6.45, 7) is 17.2. The molecule has 4 amide bonds. The van der Waals surface area contributed by atoms with E-state index < -0.39 is 138 Å². The van der Waals surface area contributed by atoms with E-state index in [0.717, 1.165) is 6.26 Å². The molecule has 342 valence electrons. The van der Waals surface area contributed by atoms with Crippen molar-refractivity contribution in [3.63, 3.8) is 0 Å². The number of hydrogen-bond acceptors (Lipinski definition) is 11. The zero-order chi connectivity index (χ0) is 47.6. The fraction of sp³-hybridized carbons (Fsp3) is 0.610. The second-order valence-electron chi connectivity index (χ2n) is 18.5. The van der Waals surface area contributed by atoms with E-state index >= 15 is 0 Å². The predicted molar refractivity (Wildman–Crippen MR) is 224 cm³/mol. The van der Waals surface area contributed by atoms with Gasteiger partial charge in [0, 0.05) is 17.7 Å². The van der Waals surface area contributed by atoms with Gasteiger partial charge in [-0.15, -0.1) is 0 Å². The monoisotopic (exact) mass is 900 g/mol. The van der Waals surface area contributed by atoms with Crippen molar-refractivity contribution in [1.82, 2.24) is 21.3 Å². The van der Waals surface area contributed by atoms with E-state index in [9.17, 15) is 62.1 Å². The Bertz CT molecular complexity index is 1960. The van der Waals surface area contributed by atoms with Gasteiger partial charge >= 0.3 is 24.0 Å². The van der Waals surface area contributed by atoms with Gasteiger partial charge in [-0.1, -0.05) is 118 Å². The number of amides is 4. The average molecular weight is 901 g/mol. The summed E-state index contributed by atoms with van der Waals surface area (Å²) in [6, 6.07) is 1.15. The standard InChI is InChI=1S/C41H61ClN4O14S/c1-38(2,3)23(18-26(47)48)30(45-34(54)25(20-28(51)52)44-37(57)60-21-22-16-14-13-15-17-22)35(55)46-32(41(10,11)40(7,8)9)36(56)43-24(19-27(49)50)31(53)29(39(4,5)6)33(42)61(12,58)59/h13-17,23-25,30,32H,18-21H2,1-12H3,(H,43,56)(H,44,57)(H,45,54)(H,46,55)(H,47,48)(H,49,50)(H,51,52)/t23?,24-,25-,30-,32+/m0/s1. The Balaban J connectivity index is 3.89. The first-order valence-corrected chi connectivity index (χ1v) is 21.5. The van der Waals surface area contributed by atoms with Gasteiger partial charge in [0.05, 0.1) is 19.3 Å². The first-order chi connectivity index (χ1) is 27.5. The normalized spacial score (nSPS) is 15.4. The number of carbonyl (C=O) groups is 8. The molecule has 5 atom stereocenters. The molecule has 0 radical (unpaired) electrons. The van der Waals surface area contributed by atoms with Crippen molar-refractivity contribution in [2.24, 2.45) is 27.6 Å². The number of ether oxygens (including phenoxy) is 1. The number of ketones is 1. The van der Waals surface area contributed by atoms with Crippen LogP contribution in [0.15, 0.2) is 40.3 Å². The number of Topliss-reactive ketones (excluding diaryl/α,β-unsaturated/α-hetero) is 1. The third-order valence-corrected chi connectivity index (χ3v) is 12.3. The van der Waals surface area contributed by atoms with Gasteiger partial charge in [-0.2, -0.15) is 0 Å². The summed E-state index contributed by atoms with van der Waals surface area (Å²) in [4.78, 5) is 106. The van der Waals surface area contributed by atoms with Gasteiger partial charge in [-0.05, 0) is 27.2 Å². The first kappa shape index (κ1) is 54.0. The number of sulfone groups is 1. The Morgan fingerprint density at radius 3 is 1.59 bits per heavy atom. The summed E-state index contributed by atoms with van der Waals surface area (Å²) in [5.41, 5.74) is -4.44. The molecule has 0 spiro atoms. The molecule has 0 saturated heterocycles. The van der Waals surface area contributed by atoms with Crippen LogP contribution in [0.4, 0.5) is 4.79 Å². The van der Waals surface area contributed by atoms with Crippen LogP contribution in [-0.4, -0.2) is 102 Å². The molecule has 0 aliphatic rings. The van der Waals surface area contributed by atoms with E-state index in [2.05, 4.69) is 21.3 Å². The second-order valence-corrected chi connectivity index (χ2v) is 21.1. The lowest BCUT2D eigenvalue weighted by atomic mass is 9.64. The van der Waals surface area contributed by atoms with E-state index in [1.54, 1.807) is 85.7 Å². The Morgan fingerprint density at radius 1 is 0.672 bits per heavy atom. The molecule has 1 aromatic carbocycles. The molecule has 0 bridgehead atoms. The topological polar surface area (TPSA) is 289 Å². The first-order valence-electron chi connectivity index (χ1n) is 19.2. The van der Waals surface area contributed by atoms with Crippen LogP contribution < -0.4 is 21.3 Å². The molecule has 0 aliphatic carbocycles. The highest BCUT2D eigenvalue weighted by Gasteiger charge is 2.49. The fourth-order valence-corrected chi connectivity index (χ4v) is 7.16. The maximum absolute atomic E-state index is 14.6. The molecule has 1 unspecified atom stereocenters. The third-order valence-electron chi connectivity index (χ3n) is 10.4. The number of hydrogen-bond donors (Lipinski definition) is 7. The Morgan fingerprint density at radius 2 is 1.16 bits per heavy atom. The van der Waals surface area contributed by atoms with Gasteiger partial charge in [0.25, 0.3) is 0 Å². The minimum absolute atomic E-state index is 0.242. The molecule has 0 aromatic heterocycles. The smallest absolute Gasteiger partial charge is 0.408 e. The molecule has 61 heavy (non-hydrogen) atoms. The number of nitrogens with one attached hydrogen (secondary N) is 4. The van der Waals surface area contributed by atoms with E-state index in [-0.39, 0.29) is 6.61 Å². The highest BCUT2D eigenvalue weighted by molar-refractivity contribution is 7.96. The highest BCUT2D eigenvalue weighted by atomic mass is 35.5. The quantitative estimate of drug-likeness (QED) is 0.0911. The maximum atomic E-state index is 14.6. The fourth-order valence-electron chi connectivity index (χ4n) is 6.00. The van der Waals surface area contributed by atoms with Gasteiger partial charge in [-0.25, -0.2) is 13.2 Å². The minimum atomic E-state index is -4.21. The number of alkyl carbamates (subject to hydrolysis) is 1. The summed E-state index contributed by atoms with van der Waals surface area (Å²) in [7, 11) is -4.21. The summed E-state index contributed by atoms with van der Waals surface area (Å²) in [5.74, 6) is -10.3. The molecule has 18 nitrogen and oxygen atoms in total. The van der Waals surface area contributed by atoms with Gasteiger partial charge in [0.1, 0.15) is 35.1 Å². The van der Waals surface area contributed by atoms with Crippen molar-refractivity contribution in [2.45, 2.75) is 126 Å². The SMILES string of the molecule is CC(C)(C)C(C(=O)[C@H](CC(=O)O)NC(=O)[C@@H](NC(=O)[C@@H](NC(=O)[C@H](CC(=O)O)NC(=O)OCc1ccccc1)C(CC(=O)O)C(C)(C)C)C(C)(C)C(C)(C)C)=C(Cl)S(C)(=O)=O. The third kappa shape index (κ3) is 16.4. The zero-order valence-corrected chi connectivity index (χ0v) is 38.3. The van der Waals surface area contributed by atoms with Crippen molar-refractivity contribution >= 4 is 68.9 Å². The van der Waals surface area contributed by atoms with Crippen LogP contribution in [0.5, 0.6) is 0 Å². The maximum Gasteiger partial charge on any atom is 0.408 e. The Hall–Kier alpha value is -5.04. The molecular weight excluding hydrogens is 840 g/mol. The zero-order valence-electron chi connectivity index (χ0n) is 36.7. The van der Waals surface area contributed by atoms with Crippen LogP contribution in [0.25, 0.3) is 0 Å². The Labute approximate surface area is 361 Å². The molecule has 7 N–H and O–H groups in total. The molecule has 0 aliphatic heterocycles. The lowest BCUT2D eigenvalue weighted by Gasteiger charge is -2.45. The Kier molecular flexibility index (Phi) is 18.7. The molecule has 0 heterocycles. The molecule has 20 heteroatoms. The molecule has 1 rings (SSSR count). The number of carboxylic acid groups (broad SMARTS) is 3. The number of rotatable bonds is 20. The van der Waals surface area contributed by atoms with Crippen LogP contribution in [0.2, 0.25) is 0 Å². The molecule has 0 fully saturated rings. The van der Waals surface area contributed by atoms with Crippen LogP contribution in [0.1, 0.15) is 101 Å². The summed E-state index contributed by atoms with van der Waals surface area (Å²) in [6.07, 6.45) is -3.19. The molecule has 0 saturated carbocycles. The summed E-state index contributed by atoms with van der Waals surface area (Å²) >= 11 is 6.20. The van der Waals surface area contributed by atoms with E-state index in [1.807, 2.05) is 0 Å². The van der Waals surface area contributed by atoms with E-state index in [0.29, 0.717) is 5.56 Å². The highest BCUT2D eigenvalue weighted by Crippen LogP contribution is 2.42. The van der Waals surface area contributed by atoms with Gasteiger partial charge < -0.3 is 41.3 Å². The number of carbonyl (C=O) groups excluding carboxylic acids is 5. The predicted octanol–water partition coefficient (Wildman–Crippen LogP) is 4.00. The number of carboxylic acids is 3. The van der Waals surface area contributed by atoms with Crippen molar-refractivity contribution in [3.8, 4) is 0 Å². The van der Waals surface area contributed by atoms with Crippen LogP contribution >= 0.6 is 11.6 Å². The molecule has 1 aromatic rings. The number of halogens is 1. The number of benzene rings is 1. The van der Waals surface area contributed by atoms with E-state index in [1.165, 1.54) is 20.8 Å². The summed E-state index contributed by atoms with van der Waals surface area (Å²) < 4.78 is 29.3. The lowest BCUT2D eigenvalue weighted by Crippen LogP contribution is -2.65. The summed E-state index contributed by atoms with van der Waals surface area (Å²) in [5, 5.41) is 38.9. The van der Waals surface area contributed by atoms with Crippen LogP contribution in [0, 0.1) is 27.6 Å². The van der Waals surface area contributed by atoms with Crippen LogP contribution in [0.3, 0.4) is 0 Å². The minimum Gasteiger partial charge on any atom is -0.481 e. The van der Waals surface area contributed by atoms with Crippen LogP contribution in [-0.2, 0) is 54.7 Å².